The second kappa shape index (κ2) is 5.27. The van der Waals surface area contributed by atoms with Crippen LogP contribution < -0.4 is 10.5 Å². The first kappa shape index (κ1) is 13.4. The van der Waals surface area contributed by atoms with Gasteiger partial charge in [-0.15, -0.1) is 5.10 Å². The van der Waals surface area contributed by atoms with Crippen LogP contribution in [0.4, 0.5) is 6.01 Å². The van der Waals surface area contributed by atoms with Gasteiger partial charge in [0.1, 0.15) is 5.75 Å². The van der Waals surface area contributed by atoms with Gasteiger partial charge < -0.3 is 14.9 Å². The third-order valence-corrected chi connectivity index (χ3v) is 3.97. The Morgan fingerprint density at radius 3 is 2.56 bits per heavy atom. The van der Waals surface area contributed by atoms with E-state index < -0.39 is 0 Å². The molecule has 0 radical (unpaired) electrons. The van der Waals surface area contributed by atoms with E-state index in [2.05, 4.69) is 42.1 Å². The molecule has 0 spiro atoms. The molecule has 0 atom stereocenters. The number of ether oxygens (including phenoxy) is 1. The highest BCUT2D eigenvalue weighted by Gasteiger charge is 2.12. The van der Waals surface area contributed by atoms with E-state index in [-0.39, 0.29) is 12.6 Å². The van der Waals surface area contributed by atoms with Crippen LogP contribution in [0.25, 0.3) is 0 Å². The van der Waals surface area contributed by atoms with Crippen molar-refractivity contribution in [3.05, 3.63) is 32.0 Å². The molecule has 0 saturated heterocycles. The quantitative estimate of drug-likeness (QED) is 0.888. The lowest BCUT2D eigenvalue weighted by Crippen LogP contribution is -2.00. The van der Waals surface area contributed by atoms with Gasteiger partial charge >= 0.3 is 6.01 Å². The summed E-state index contributed by atoms with van der Waals surface area (Å²) in [5.41, 5.74) is 7.51. The van der Waals surface area contributed by atoms with Gasteiger partial charge in [0.05, 0.1) is 4.47 Å². The van der Waals surface area contributed by atoms with Gasteiger partial charge in [0, 0.05) is 4.47 Å². The number of nitrogen functional groups attached to an aromatic ring is 1. The predicted octanol–water partition coefficient (Wildman–Crippen LogP) is 3.37. The Balaban J connectivity index is 2.22. The van der Waals surface area contributed by atoms with Gasteiger partial charge in [-0.3, -0.25) is 0 Å². The first-order valence-corrected chi connectivity index (χ1v) is 6.73. The third kappa shape index (κ3) is 2.67. The Morgan fingerprint density at radius 1 is 1.22 bits per heavy atom. The van der Waals surface area contributed by atoms with Crippen LogP contribution in [-0.2, 0) is 6.61 Å². The summed E-state index contributed by atoms with van der Waals surface area (Å²) >= 11 is 6.95. The molecule has 0 aliphatic rings. The number of hydrogen-bond donors (Lipinski definition) is 1. The average molecular weight is 377 g/mol. The monoisotopic (exact) mass is 375 g/mol. The highest BCUT2D eigenvalue weighted by molar-refractivity contribution is 9.11. The van der Waals surface area contributed by atoms with E-state index in [0.29, 0.717) is 5.89 Å². The number of nitrogens with two attached hydrogens (primary N) is 1. The summed E-state index contributed by atoms with van der Waals surface area (Å²) in [7, 11) is 0. The summed E-state index contributed by atoms with van der Waals surface area (Å²) < 4.78 is 12.6. The summed E-state index contributed by atoms with van der Waals surface area (Å²) in [5.74, 6) is 1.10. The van der Waals surface area contributed by atoms with Crippen LogP contribution in [0.5, 0.6) is 5.75 Å². The molecule has 0 saturated carbocycles. The van der Waals surface area contributed by atoms with Crippen molar-refractivity contribution in [1.82, 2.24) is 10.2 Å². The van der Waals surface area contributed by atoms with Gasteiger partial charge in [-0.25, -0.2) is 0 Å². The summed E-state index contributed by atoms with van der Waals surface area (Å²) in [6, 6.07) is 1.98. The van der Waals surface area contributed by atoms with Crippen LogP contribution in [0.1, 0.15) is 17.0 Å². The largest absolute Gasteiger partial charge is 0.482 e. The second-order valence-corrected chi connectivity index (χ2v) is 5.45. The van der Waals surface area contributed by atoms with Crippen molar-refractivity contribution < 1.29 is 9.15 Å². The average Bonchev–Trinajstić information content (AvgIpc) is 2.72. The van der Waals surface area contributed by atoms with Crippen LogP contribution in [0.15, 0.2) is 19.4 Å². The predicted molar refractivity (Wildman–Crippen MR) is 74.4 cm³/mol. The third-order valence-electron chi connectivity index (χ3n) is 2.55. The normalized spacial score (nSPS) is 10.7. The van der Waals surface area contributed by atoms with Gasteiger partial charge in [0.25, 0.3) is 5.89 Å². The smallest absolute Gasteiger partial charge is 0.312 e. The molecule has 0 bridgehead atoms. The molecule has 2 rings (SSSR count). The SMILES string of the molecule is Cc1c(Br)cc(Br)c(OCc2nnc(N)o2)c1C. The van der Waals surface area contributed by atoms with Crippen molar-refractivity contribution in [3.8, 4) is 5.75 Å². The lowest BCUT2D eigenvalue weighted by molar-refractivity contribution is 0.261. The molecule has 2 N–H and O–H groups in total. The molecule has 1 heterocycles. The van der Waals surface area contributed by atoms with E-state index >= 15 is 0 Å². The van der Waals surface area contributed by atoms with E-state index in [9.17, 15) is 0 Å². The molecule has 1 aromatic heterocycles. The summed E-state index contributed by atoms with van der Waals surface area (Å²) in [5, 5.41) is 7.31. The topological polar surface area (TPSA) is 74.2 Å². The molecule has 5 nitrogen and oxygen atoms in total. The van der Waals surface area contributed by atoms with E-state index in [4.69, 9.17) is 14.9 Å². The van der Waals surface area contributed by atoms with Crippen molar-refractivity contribution in [3.63, 3.8) is 0 Å². The molecular weight excluding hydrogens is 366 g/mol. The van der Waals surface area contributed by atoms with Crippen molar-refractivity contribution >= 4 is 37.9 Å². The number of aromatic nitrogens is 2. The lowest BCUT2D eigenvalue weighted by atomic mass is 10.1. The maximum atomic E-state index is 5.68. The number of halogens is 2. The van der Waals surface area contributed by atoms with Crippen LogP contribution in [0.2, 0.25) is 0 Å². The lowest BCUT2D eigenvalue weighted by Gasteiger charge is -2.13. The van der Waals surface area contributed by atoms with Gasteiger partial charge in [-0.05, 0) is 47.0 Å². The van der Waals surface area contributed by atoms with Crippen molar-refractivity contribution in [2.75, 3.05) is 5.73 Å². The molecule has 0 aliphatic carbocycles. The number of anilines is 1. The minimum Gasteiger partial charge on any atom is -0.482 e. The highest BCUT2D eigenvalue weighted by atomic mass is 79.9. The zero-order valence-corrected chi connectivity index (χ0v) is 13.0. The highest BCUT2D eigenvalue weighted by Crippen LogP contribution is 2.36. The first-order valence-electron chi connectivity index (χ1n) is 5.15. The van der Waals surface area contributed by atoms with Gasteiger partial charge in [-0.1, -0.05) is 21.0 Å². The number of benzene rings is 1. The van der Waals surface area contributed by atoms with Crippen molar-refractivity contribution in [1.29, 1.82) is 0 Å². The Kier molecular flexibility index (Phi) is 3.91. The zero-order chi connectivity index (χ0) is 13.3. The molecule has 0 fully saturated rings. The van der Waals surface area contributed by atoms with Crippen LogP contribution in [-0.4, -0.2) is 10.2 Å². The summed E-state index contributed by atoms with van der Waals surface area (Å²) in [4.78, 5) is 0. The van der Waals surface area contributed by atoms with E-state index in [1.54, 1.807) is 0 Å². The Hall–Kier alpha value is -1.08. The molecule has 0 unspecified atom stereocenters. The fourth-order valence-electron chi connectivity index (χ4n) is 1.45. The maximum absolute atomic E-state index is 5.68. The van der Waals surface area contributed by atoms with Gasteiger partial charge in [-0.2, -0.15) is 0 Å². The Morgan fingerprint density at radius 2 is 1.94 bits per heavy atom. The maximum Gasteiger partial charge on any atom is 0.312 e. The standard InChI is InChI=1S/C11H11Br2N3O2/c1-5-6(2)10(8(13)3-7(5)12)17-4-9-15-16-11(14)18-9/h3H,4H2,1-2H3,(H2,14,16). The summed E-state index contributed by atoms with van der Waals surface area (Å²) in [6.07, 6.45) is 0. The van der Waals surface area contributed by atoms with Crippen molar-refractivity contribution in [2.45, 2.75) is 20.5 Å². The van der Waals surface area contributed by atoms with E-state index in [1.165, 1.54) is 0 Å². The first-order chi connectivity index (χ1) is 8.49. The second-order valence-electron chi connectivity index (χ2n) is 3.74. The number of rotatable bonds is 3. The number of nitrogens with zero attached hydrogens (tertiary/aromatic N) is 2. The van der Waals surface area contributed by atoms with Gasteiger partial charge in [0.15, 0.2) is 6.61 Å². The van der Waals surface area contributed by atoms with Crippen molar-refractivity contribution in [2.24, 2.45) is 0 Å². The van der Waals surface area contributed by atoms with Crippen LogP contribution in [0, 0.1) is 13.8 Å². The number of hydrogen-bond acceptors (Lipinski definition) is 5. The molecule has 0 aliphatic heterocycles. The van der Waals surface area contributed by atoms with E-state index in [0.717, 1.165) is 25.8 Å². The Bertz CT molecular complexity index is 584. The van der Waals surface area contributed by atoms with E-state index in [1.807, 2.05) is 19.9 Å². The molecule has 2 aromatic rings. The fraction of sp³-hybridized carbons (Fsp3) is 0.273. The molecule has 7 heteroatoms. The molecular formula is C11H11Br2N3O2. The van der Waals surface area contributed by atoms with Crippen LogP contribution >= 0.6 is 31.9 Å². The van der Waals surface area contributed by atoms with Gasteiger partial charge in [0.2, 0.25) is 0 Å². The molecule has 1 aromatic carbocycles. The molecule has 96 valence electrons. The minimum absolute atomic E-state index is 0.0383. The Labute approximate surface area is 121 Å². The summed E-state index contributed by atoms with van der Waals surface area (Å²) in [6.45, 7) is 4.19. The molecule has 0 amide bonds. The fourth-order valence-corrected chi connectivity index (χ4v) is 2.92. The van der Waals surface area contributed by atoms with Crippen LogP contribution in [0.3, 0.4) is 0 Å². The minimum atomic E-state index is 0.0383. The zero-order valence-electron chi connectivity index (χ0n) is 9.83. The molecule has 18 heavy (non-hydrogen) atoms.